The molecule has 1 rings (SSSR count). The van der Waals surface area contributed by atoms with E-state index in [1.54, 1.807) is 6.26 Å². The Morgan fingerprint density at radius 1 is 1.14 bits per heavy atom. The van der Waals surface area contributed by atoms with Crippen LogP contribution < -0.4 is 0 Å². The number of hydrogen-bond acceptors (Lipinski definition) is 1. The molecule has 0 unspecified atom stereocenters. The van der Waals surface area contributed by atoms with Gasteiger partial charge in [-0.2, -0.15) is 0 Å². The molecular weight excluding hydrogens is 192 g/mol. The molecule has 1 aromatic carbocycles. The molecule has 14 heavy (non-hydrogen) atoms. The molecule has 1 aromatic rings. The smallest absolute Gasteiger partial charge is 0.0482 e. The second kappa shape index (κ2) is 5.97. The van der Waals surface area contributed by atoms with Gasteiger partial charge in [-0.25, -0.2) is 0 Å². The lowest BCUT2D eigenvalue weighted by Crippen LogP contribution is -1.92. The Bertz CT molecular complexity index is 290. The fourth-order valence-electron chi connectivity index (χ4n) is 1.42. The van der Waals surface area contributed by atoms with Gasteiger partial charge in [0, 0.05) is 22.8 Å². The lowest BCUT2D eigenvalue weighted by molar-refractivity contribution is 0.686. The Morgan fingerprint density at radius 3 is 2.21 bits per heavy atom. The molecule has 1 atom stereocenters. The maximum atomic E-state index is 11.0. The first kappa shape index (κ1) is 11.4. The summed E-state index contributed by atoms with van der Waals surface area (Å²) in [6.45, 7) is 2.20. The van der Waals surface area contributed by atoms with Gasteiger partial charge in [-0.3, -0.25) is 4.21 Å². The van der Waals surface area contributed by atoms with Crippen LogP contribution in [0.5, 0.6) is 0 Å². The average molecular weight is 210 g/mol. The fraction of sp³-hybridized carbons (Fsp3) is 0.500. The number of aryl methyl sites for hydroxylation is 1. The number of rotatable bonds is 5. The lowest BCUT2D eigenvalue weighted by atomic mass is 10.1. The van der Waals surface area contributed by atoms with Crippen molar-refractivity contribution in [1.29, 1.82) is 0 Å². The van der Waals surface area contributed by atoms with Gasteiger partial charge in [0.15, 0.2) is 0 Å². The molecule has 0 aliphatic heterocycles. The van der Waals surface area contributed by atoms with Crippen LogP contribution in [0.1, 0.15) is 30.9 Å². The van der Waals surface area contributed by atoms with Gasteiger partial charge in [-0.1, -0.05) is 37.6 Å². The van der Waals surface area contributed by atoms with Crippen LogP contribution in [-0.2, 0) is 23.0 Å². The molecule has 2 heteroatoms. The zero-order valence-corrected chi connectivity index (χ0v) is 9.77. The second-order valence-electron chi connectivity index (χ2n) is 3.64. The molecular formula is C12H18OS. The molecule has 0 saturated heterocycles. The maximum absolute atomic E-state index is 11.0. The standard InChI is InChI=1S/C12H18OS/c1-3-4-5-11-6-8-12(9-7-11)10-14(2)13/h6-9H,3-5,10H2,1-2H3/t14-/m0/s1. The van der Waals surface area contributed by atoms with Gasteiger partial charge < -0.3 is 0 Å². The fourth-order valence-corrected chi connectivity index (χ4v) is 2.08. The van der Waals surface area contributed by atoms with Crippen molar-refractivity contribution in [2.75, 3.05) is 6.26 Å². The van der Waals surface area contributed by atoms with Crippen LogP contribution in [0, 0.1) is 0 Å². The summed E-state index contributed by atoms with van der Waals surface area (Å²) in [5, 5.41) is 0. The largest absolute Gasteiger partial charge is 0.260 e. The van der Waals surface area contributed by atoms with Crippen molar-refractivity contribution in [1.82, 2.24) is 0 Å². The van der Waals surface area contributed by atoms with Gasteiger partial charge in [0.05, 0.1) is 0 Å². The van der Waals surface area contributed by atoms with E-state index in [4.69, 9.17) is 0 Å². The predicted molar refractivity (Wildman–Crippen MR) is 62.8 cm³/mol. The molecule has 0 aliphatic carbocycles. The first-order valence-corrected chi connectivity index (χ1v) is 6.83. The summed E-state index contributed by atoms with van der Waals surface area (Å²) in [7, 11) is -0.729. The van der Waals surface area contributed by atoms with Crippen molar-refractivity contribution in [3.05, 3.63) is 35.4 Å². The first-order valence-electron chi connectivity index (χ1n) is 5.10. The summed E-state index contributed by atoms with van der Waals surface area (Å²) in [4.78, 5) is 0. The third kappa shape index (κ3) is 4.05. The summed E-state index contributed by atoms with van der Waals surface area (Å²) in [5.41, 5.74) is 2.56. The summed E-state index contributed by atoms with van der Waals surface area (Å²) in [5.74, 6) is 0.675. The molecule has 1 nitrogen and oxygen atoms in total. The minimum Gasteiger partial charge on any atom is -0.260 e. The second-order valence-corrected chi connectivity index (χ2v) is 5.07. The highest BCUT2D eigenvalue weighted by molar-refractivity contribution is 7.83. The van der Waals surface area contributed by atoms with Crippen molar-refractivity contribution < 1.29 is 4.21 Å². The average Bonchev–Trinajstić information content (AvgIpc) is 2.16. The molecule has 0 radical (unpaired) electrons. The molecule has 0 bridgehead atoms. The zero-order chi connectivity index (χ0) is 10.4. The van der Waals surface area contributed by atoms with Crippen LogP contribution in [-0.4, -0.2) is 10.5 Å². The van der Waals surface area contributed by atoms with E-state index in [0.29, 0.717) is 5.75 Å². The van der Waals surface area contributed by atoms with Crippen molar-refractivity contribution in [2.45, 2.75) is 31.9 Å². The highest BCUT2D eigenvalue weighted by Gasteiger charge is 1.96. The maximum Gasteiger partial charge on any atom is 0.0482 e. The number of benzene rings is 1. The van der Waals surface area contributed by atoms with Crippen LogP contribution in [0.4, 0.5) is 0 Å². The number of unbranched alkanes of at least 4 members (excludes halogenated alkanes) is 1. The Balaban J connectivity index is 2.54. The predicted octanol–water partition coefficient (Wildman–Crippen LogP) is 2.91. The first-order chi connectivity index (χ1) is 6.72. The van der Waals surface area contributed by atoms with E-state index in [0.717, 1.165) is 6.42 Å². The summed E-state index contributed by atoms with van der Waals surface area (Å²) < 4.78 is 11.0. The van der Waals surface area contributed by atoms with E-state index < -0.39 is 10.8 Å². The summed E-state index contributed by atoms with van der Waals surface area (Å²) in [6.07, 6.45) is 5.39. The Hall–Kier alpha value is -0.630. The molecule has 0 aliphatic rings. The highest BCUT2D eigenvalue weighted by Crippen LogP contribution is 2.09. The van der Waals surface area contributed by atoms with Gasteiger partial charge in [0.25, 0.3) is 0 Å². The van der Waals surface area contributed by atoms with E-state index >= 15 is 0 Å². The third-order valence-electron chi connectivity index (χ3n) is 2.21. The molecule has 0 heterocycles. The van der Waals surface area contributed by atoms with E-state index in [1.165, 1.54) is 24.0 Å². The third-order valence-corrected chi connectivity index (χ3v) is 2.95. The quantitative estimate of drug-likeness (QED) is 0.730. The van der Waals surface area contributed by atoms with Crippen molar-refractivity contribution in [2.24, 2.45) is 0 Å². The van der Waals surface area contributed by atoms with Crippen molar-refractivity contribution in [3.8, 4) is 0 Å². The molecule has 0 amide bonds. The van der Waals surface area contributed by atoms with Crippen molar-refractivity contribution in [3.63, 3.8) is 0 Å². The molecule has 78 valence electrons. The minimum absolute atomic E-state index is 0.675. The summed E-state index contributed by atoms with van der Waals surface area (Å²) >= 11 is 0. The van der Waals surface area contributed by atoms with Gasteiger partial charge in [0.1, 0.15) is 0 Å². The van der Waals surface area contributed by atoms with Crippen LogP contribution >= 0.6 is 0 Å². The van der Waals surface area contributed by atoms with E-state index in [1.807, 2.05) is 0 Å². The minimum atomic E-state index is -0.729. The van der Waals surface area contributed by atoms with Crippen LogP contribution in [0.15, 0.2) is 24.3 Å². The van der Waals surface area contributed by atoms with Crippen molar-refractivity contribution >= 4 is 10.8 Å². The topological polar surface area (TPSA) is 17.1 Å². The Morgan fingerprint density at radius 2 is 1.71 bits per heavy atom. The molecule has 0 spiro atoms. The molecule has 0 saturated carbocycles. The SMILES string of the molecule is CCCCc1ccc(C[S@](C)=O)cc1. The van der Waals surface area contributed by atoms with E-state index in [2.05, 4.69) is 31.2 Å². The summed E-state index contributed by atoms with van der Waals surface area (Å²) in [6, 6.07) is 8.48. The Kier molecular flexibility index (Phi) is 4.88. The molecule has 0 fully saturated rings. The highest BCUT2D eigenvalue weighted by atomic mass is 32.2. The van der Waals surface area contributed by atoms with Gasteiger partial charge >= 0.3 is 0 Å². The number of hydrogen-bond donors (Lipinski definition) is 0. The van der Waals surface area contributed by atoms with E-state index in [9.17, 15) is 4.21 Å². The molecule has 0 aromatic heterocycles. The van der Waals surface area contributed by atoms with Crippen LogP contribution in [0.3, 0.4) is 0 Å². The van der Waals surface area contributed by atoms with Gasteiger partial charge in [-0.05, 0) is 24.0 Å². The van der Waals surface area contributed by atoms with E-state index in [-0.39, 0.29) is 0 Å². The molecule has 0 N–H and O–H groups in total. The monoisotopic (exact) mass is 210 g/mol. The lowest BCUT2D eigenvalue weighted by Gasteiger charge is -2.02. The van der Waals surface area contributed by atoms with Gasteiger partial charge in [0.2, 0.25) is 0 Å². The zero-order valence-electron chi connectivity index (χ0n) is 8.95. The Labute approximate surface area is 89.0 Å². The van der Waals surface area contributed by atoms with Crippen LogP contribution in [0.2, 0.25) is 0 Å². The van der Waals surface area contributed by atoms with Gasteiger partial charge in [-0.15, -0.1) is 0 Å². The normalized spacial score (nSPS) is 12.7. The van der Waals surface area contributed by atoms with Crippen LogP contribution in [0.25, 0.3) is 0 Å².